The maximum atomic E-state index is 10.8. The van der Waals surface area contributed by atoms with Gasteiger partial charge in [-0.05, 0) is 6.92 Å². The summed E-state index contributed by atoms with van der Waals surface area (Å²) in [5.41, 5.74) is 0. The van der Waals surface area contributed by atoms with Gasteiger partial charge in [0.05, 0.1) is 12.1 Å². The number of hydrogen-bond acceptors (Lipinski definition) is 5. The Morgan fingerprint density at radius 3 is 2.36 bits per heavy atom. The predicted molar refractivity (Wildman–Crippen MR) is 46.2 cm³/mol. The van der Waals surface area contributed by atoms with Gasteiger partial charge in [0, 0.05) is 6.92 Å². The minimum absolute atomic E-state index is 0.380. The van der Waals surface area contributed by atoms with Crippen LogP contribution in [0, 0.1) is 0 Å². The number of nitrogens with one attached hydrogen (secondary N) is 1. The van der Waals surface area contributed by atoms with E-state index < -0.39 is 30.6 Å². The van der Waals surface area contributed by atoms with Gasteiger partial charge in [0.2, 0.25) is 5.91 Å². The van der Waals surface area contributed by atoms with Gasteiger partial charge in [-0.15, -0.1) is 0 Å². The van der Waals surface area contributed by atoms with Crippen LogP contribution in [0.4, 0.5) is 0 Å². The van der Waals surface area contributed by atoms with Crippen LogP contribution in [-0.2, 0) is 9.53 Å². The minimum atomic E-state index is -1.38. The Balaban J connectivity index is 2.71. The lowest BCUT2D eigenvalue weighted by molar-refractivity contribution is -0.251. The van der Waals surface area contributed by atoms with Crippen molar-refractivity contribution in [1.82, 2.24) is 5.32 Å². The molecular formula is C8H15NO5. The van der Waals surface area contributed by atoms with Crippen molar-refractivity contribution in [3.63, 3.8) is 0 Å². The third-order valence-corrected chi connectivity index (χ3v) is 2.23. The quantitative estimate of drug-likeness (QED) is 0.395. The minimum Gasteiger partial charge on any atom is -0.388 e. The van der Waals surface area contributed by atoms with Crippen molar-refractivity contribution in [2.45, 2.75) is 44.5 Å². The summed E-state index contributed by atoms with van der Waals surface area (Å²) in [4.78, 5) is 10.8. The summed E-state index contributed by atoms with van der Waals surface area (Å²) in [6.45, 7) is 2.82. The molecule has 14 heavy (non-hydrogen) atoms. The Kier molecular flexibility index (Phi) is 3.43. The molecule has 1 saturated heterocycles. The number of ether oxygens (including phenoxy) is 1. The first-order valence-corrected chi connectivity index (χ1v) is 4.40. The second-order valence-corrected chi connectivity index (χ2v) is 3.44. The highest BCUT2D eigenvalue weighted by Crippen LogP contribution is 2.19. The van der Waals surface area contributed by atoms with Crippen LogP contribution in [0.15, 0.2) is 0 Å². The second kappa shape index (κ2) is 4.22. The SMILES string of the molecule is CC(=O)N[C@@H]1[C@@H](O)[C@H](O)O[C@H](C)[C@H]1O. The summed E-state index contributed by atoms with van der Waals surface area (Å²) < 4.78 is 4.83. The molecule has 0 aromatic rings. The molecule has 0 aliphatic carbocycles. The highest BCUT2D eigenvalue weighted by molar-refractivity contribution is 5.73. The first-order valence-electron chi connectivity index (χ1n) is 4.40. The fourth-order valence-corrected chi connectivity index (χ4v) is 1.46. The van der Waals surface area contributed by atoms with E-state index in [1.54, 1.807) is 6.92 Å². The van der Waals surface area contributed by atoms with Gasteiger partial charge in [0.15, 0.2) is 6.29 Å². The van der Waals surface area contributed by atoms with Crippen LogP contribution in [0.1, 0.15) is 13.8 Å². The van der Waals surface area contributed by atoms with E-state index in [1.807, 2.05) is 0 Å². The van der Waals surface area contributed by atoms with E-state index in [2.05, 4.69) is 5.32 Å². The summed E-state index contributed by atoms with van der Waals surface area (Å²) >= 11 is 0. The Morgan fingerprint density at radius 2 is 1.86 bits per heavy atom. The molecule has 1 aliphatic heterocycles. The largest absolute Gasteiger partial charge is 0.388 e. The number of carbonyl (C=O) groups excluding carboxylic acids is 1. The summed E-state index contributed by atoms with van der Waals surface area (Å²) in [6.07, 6.45) is -4.36. The van der Waals surface area contributed by atoms with Crippen molar-refractivity contribution in [3.8, 4) is 0 Å². The van der Waals surface area contributed by atoms with Gasteiger partial charge in [-0.1, -0.05) is 0 Å². The Bertz CT molecular complexity index is 208. The van der Waals surface area contributed by atoms with Crippen molar-refractivity contribution < 1.29 is 24.9 Å². The molecule has 1 aliphatic rings. The van der Waals surface area contributed by atoms with Gasteiger partial charge in [0.1, 0.15) is 12.2 Å². The Hall–Kier alpha value is -0.690. The van der Waals surface area contributed by atoms with Crippen LogP contribution >= 0.6 is 0 Å². The number of aliphatic hydroxyl groups is 3. The van der Waals surface area contributed by atoms with Gasteiger partial charge < -0.3 is 25.4 Å². The Labute approximate surface area is 81.5 Å². The highest BCUT2D eigenvalue weighted by atomic mass is 16.6. The van der Waals surface area contributed by atoms with Crippen molar-refractivity contribution in [1.29, 1.82) is 0 Å². The maximum Gasteiger partial charge on any atom is 0.217 e. The smallest absolute Gasteiger partial charge is 0.217 e. The highest BCUT2D eigenvalue weighted by Gasteiger charge is 2.42. The van der Waals surface area contributed by atoms with E-state index in [-0.39, 0.29) is 5.91 Å². The molecule has 0 spiro atoms. The average molecular weight is 205 g/mol. The standard InChI is InChI=1S/C8H15NO5/c1-3-6(11)5(9-4(2)10)7(12)8(13)14-3/h3,5-8,11-13H,1-2H3,(H,9,10)/t3-,5+,6-,7-,8-/m1/s1. The summed E-state index contributed by atoms with van der Waals surface area (Å²) in [7, 11) is 0. The van der Waals surface area contributed by atoms with E-state index in [1.165, 1.54) is 6.92 Å². The van der Waals surface area contributed by atoms with Crippen LogP contribution in [-0.4, -0.2) is 51.9 Å². The van der Waals surface area contributed by atoms with E-state index in [9.17, 15) is 20.1 Å². The topological polar surface area (TPSA) is 99.0 Å². The molecule has 0 unspecified atom stereocenters. The lowest BCUT2D eigenvalue weighted by Crippen LogP contribution is -2.62. The van der Waals surface area contributed by atoms with Gasteiger partial charge in [-0.3, -0.25) is 4.79 Å². The van der Waals surface area contributed by atoms with Crippen LogP contribution in [0.25, 0.3) is 0 Å². The van der Waals surface area contributed by atoms with Crippen molar-refractivity contribution in [2.75, 3.05) is 0 Å². The van der Waals surface area contributed by atoms with Crippen molar-refractivity contribution in [3.05, 3.63) is 0 Å². The monoisotopic (exact) mass is 205 g/mol. The molecule has 0 aromatic heterocycles. The zero-order valence-electron chi connectivity index (χ0n) is 8.04. The number of aliphatic hydroxyl groups excluding tert-OH is 3. The zero-order chi connectivity index (χ0) is 10.9. The molecule has 1 amide bonds. The number of rotatable bonds is 1. The molecule has 4 N–H and O–H groups in total. The number of carbonyl (C=O) groups is 1. The van der Waals surface area contributed by atoms with Crippen molar-refractivity contribution in [2.24, 2.45) is 0 Å². The van der Waals surface area contributed by atoms with Gasteiger partial charge in [-0.2, -0.15) is 0 Å². The summed E-state index contributed by atoms with van der Waals surface area (Å²) in [5, 5.41) is 30.6. The average Bonchev–Trinajstić information content (AvgIpc) is 2.09. The van der Waals surface area contributed by atoms with E-state index in [0.29, 0.717) is 0 Å². The van der Waals surface area contributed by atoms with Gasteiger partial charge in [0.25, 0.3) is 0 Å². The molecule has 1 heterocycles. The lowest BCUT2D eigenvalue weighted by Gasteiger charge is -2.39. The lowest BCUT2D eigenvalue weighted by atomic mass is 9.97. The normalized spacial score (nSPS) is 43.4. The summed E-state index contributed by atoms with van der Waals surface area (Å²) in [6, 6.07) is -0.897. The molecule has 82 valence electrons. The van der Waals surface area contributed by atoms with Gasteiger partial charge in [-0.25, -0.2) is 0 Å². The van der Waals surface area contributed by atoms with E-state index >= 15 is 0 Å². The molecule has 6 heteroatoms. The number of hydrogen-bond donors (Lipinski definition) is 4. The first-order chi connectivity index (χ1) is 6.43. The Morgan fingerprint density at radius 1 is 1.29 bits per heavy atom. The fraction of sp³-hybridized carbons (Fsp3) is 0.875. The molecule has 0 aromatic carbocycles. The van der Waals surface area contributed by atoms with Crippen LogP contribution in [0.2, 0.25) is 0 Å². The molecule has 6 nitrogen and oxygen atoms in total. The van der Waals surface area contributed by atoms with Crippen molar-refractivity contribution >= 4 is 5.91 Å². The number of amides is 1. The summed E-state index contributed by atoms with van der Waals surface area (Å²) in [5.74, 6) is -0.380. The molecular weight excluding hydrogens is 190 g/mol. The molecule has 1 rings (SSSR count). The maximum absolute atomic E-state index is 10.8. The third kappa shape index (κ3) is 2.21. The third-order valence-electron chi connectivity index (χ3n) is 2.23. The van der Waals surface area contributed by atoms with E-state index in [0.717, 1.165) is 0 Å². The molecule has 5 atom stereocenters. The van der Waals surface area contributed by atoms with Crippen LogP contribution < -0.4 is 5.32 Å². The predicted octanol–water partition coefficient (Wildman–Crippen LogP) is -2.05. The second-order valence-electron chi connectivity index (χ2n) is 3.44. The molecule has 0 saturated carbocycles. The van der Waals surface area contributed by atoms with Crippen LogP contribution in [0.3, 0.4) is 0 Å². The molecule has 1 fully saturated rings. The van der Waals surface area contributed by atoms with E-state index in [4.69, 9.17) is 4.74 Å². The molecule has 0 bridgehead atoms. The van der Waals surface area contributed by atoms with Crippen LogP contribution in [0.5, 0.6) is 0 Å². The first kappa shape index (κ1) is 11.4. The molecule has 0 radical (unpaired) electrons. The fourth-order valence-electron chi connectivity index (χ4n) is 1.46. The van der Waals surface area contributed by atoms with Gasteiger partial charge >= 0.3 is 0 Å². The zero-order valence-corrected chi connectivity index (χ0v) is 8.04.